The van der Waals surface area contributed by atoms with Crippen molar-refractivity contribution in [1.82, 2.24) is 25.1 Å². The van der Waals surface area contributed by atoms with Crippen LogP contribution in [0.1, 0.15) is 37.1 Å². The molecular weight excluding hydrogens is 330 g/mol. The molecule has 1 aromatic heterocycles. The SMILES string of the molecule is COCC(=O)N1CCc2[nH]cnc2C12CCN(CC1CCCNC1)CC2. The van der Waals surface area contributed by atoms with Gasteiger partial charge >= 0.3 is 0 Å². The number of amides is 1. The number of carbonyl (C=O) groups excluding carboxylic acids is 1. The number of carbonyl (C=O) groups is 1. The number of ether oxygens (including phenoxy) is 1. The summed E-state index contributed by atoms with van der Waals surface area (Å²) in [6.07, 6.45) is 7.18. The molecule has 1 unspecified atom stereocenters. The molecular formula is C19H31N5O2. The van der Waals surface area contributed by atoms with Gasteiger partial charge in [-0.05, 0) is 44.7 Å². The molecule has 2 N–H and O–H groups in total. The number of fused-ring (bicyclic) bond motifs is 2. The molecule has 4 rings (SSSR count). The van der Waals surface area contributed by atoms with Crippen LogP contribution in [0, 0.1) is 5.92 Å². The summed E-state index contributed by atoms with van der Waals surface area (Å²) in [6.45, 7) is 6.44. The molecule has 0 saturated carbocycles. The molecule has 1 amide bonds. The molecule has 3 aliphatic rings. The standard InChI is InChI=1S/C19H31N5O2/c1-26-13-17(25)24-8-4-16-18(22-14-21-16)19(24)5-9-23(10-6-19)12-15-3-2-7-20-11-15/h14-15,20H,2-13H2,1H3,(H,21,22). The molecule has 3 aliphatic heterocycles. The summed E-state index contributed by atoms with van der Waals surface area (Å²) < 4.78 is 5.15. The molecule has 0 bridgehead atoms. The Morgan fingerprint density at radius 1 is 1.38 bits per heavy atom. The Morgan fingerprint density at radius 3 is 2.96 bits per heavy atom. The van der Waals surface area contributed by atoms with E-state index in [9.17, 15) is 4.79 Å². The molecule has 0 aliphatic carbocycles. The van der Waals surface area contributed by atoms with Gasteiger partial charge in [0.1, 0.15) is 6.61 Å². The Bertz CT molecular complexity index is 617. The van der Waals surface area contributed by atoms with Crippen LogP contribution in [0.2, 0.25) is 0 Å². The minimum absolute atomic E-state index is 0.0890. The molecule has 7 nitrogen and oxygen atoms in total. The Kier molecular flexibility index (Phi) is 5.29. The molecule has 4 heterocycles. The first-order chi connectivity index (χ1) is 12.7. The number of aromatic amines is 1. The number of rotatable bonds is 4. The summed E-state index contributed by atoms with van der Waals surface area (Å²) in [5.74, 6) is 0.849. The number of nitrogens with one attached hydrogen (secondary N) is 2. The molecule has 2 fully saturated rings. The van der Waals surface area contributed by atoms with Crippen molar-refractivity contribution in [3.63, 3.8) is 0 Å². The maximum absolute atomic E-state index is 12.7. The van der Waals surface area contributed by atoms with Gasteiger partial charge in [-0.1, -0.05) is 0 Å². The van der Waals surface area contributed by atoms with Crippen LogP contribution in [0.25, 0.3) is 0 Å². The molecule has 0 aromatic carbocycles. The maximum Gasteiger partial charge on any atom is 0.249 e. The minimum atomic E-state index is -0.259. The van der Waals surface area contributed by atoms with Crippen LogP contribution in [0.3, 0.4) is 0 Å². The average molecular weight is 361 g/mol. The number of H-pyrrole nitrogens is 1. The summed E-state index contributed by atoms with van der Waals surface area (Å²) in [6, 6.07) is 0. The van der Waals surface area contributed by atoms with Gasteiger partial charge < -0.3 is 24.8 Å². The van der Waals surface area contributed by atoms with Gasteiger partial charge in [-0.25, -0.2) is 4.98 Å². The summed E-state index contributed by atoms with van der Waals surface area (Å²) in [4.78, 5) is 25.3. The molecule has 144 valence electrons. The van der Waals surface area contributed by atoms with E-state index >= 15 is 0 Å². The quantitative estimate of drug-likeness (QED) is 0.827. The fraction of sp³-hybridized carbons (Fsp3) is 0.789. The lowest BCUT2D eigenvalue weighted by Crippen LogP contribution is -2.59. The number of hydrogen-bond acceptors (Lipinski definition) is 5. The number of likely N-dealkylation sites (tertiary alicyclic amines) is 1. The Morgan fingerprint density at radius 2 is 2.23 bits per heavy atom. The van der Waals surface area contributed by atoms with E-state index in [4.69, 9.17) is 4.74 Å². The van der Waals surface area contributed by atoms with Gasteiger partial charge in [-0.3, -0.25) is 4.79 Å². The van der Waals surface area contributed by atoms with E-state index in [1.165, 1.54) is 25.1 Å². The lowest BCUT2D eigenvalue weighted by Gasteiger charge is -2.50. The first-order valence-corrected chi connectivity index (χ1v) is 9.98. The maximum atomic E-state index is 12.7. The third-order valence-corrected chi connectivity index (χ3v) is 6.43. The van der Waals surface area contributed by atoms with E-state index in [1.807, 2.05) is 0 Å². The number of piperidine rings is 2. The van der Waals surface area contributed by atoms with Crippen molar-refractivity contribution >= 4 is 5.91 Å². The zero-order chi connectivity index (χ0) is 18.0. The van der Waals surface area contributed by atoms with E-state index in [2.05, 4.69) is 25.1 Å². The molecule has 2 saturated heterocycles. The zero-order valence-electron chi connectivity index (χ0n) is 15.8. The molecule has 26 heavy (non-hydrogen) atoms. The molecule has 0 radical (unpaired) electrons. The van der Waals surface area contributed by atoms with Gasteiger partial charge in [-0.15, -0.1) is 0 Å². The van der Waals surface area contributed by atoms with E-state index in [0.29, 0.717) is 0 Å². The second-order valence-corrected chi connectivity index (χ2v) is 8.00. The Labute approximate surface area is 155 Å². The first-order valence-electron chi connectivity index (χ1n) is 9.98. The van der Waals surface area contributed by atoms with Crippen LogP contribution in [-0.2, 0) is 21.5 Å². The number of methoxy groups -OCH3 is 1. The van der Waals surface area contributed by atoms with Gasteiger partial charge in [0.2, 0.25) is 5.91 Å². The van der Waals surface area contributed by atoms with Crippen molar-refractivity contribution in [3.8, 4) is 0 Å². The van der Waals surface area contributed by atoms with Gasteiger partial charge in [-0.2, -0.15) is 0 Å². The molecule has 1 spiro atoms. The number of nitrogens with zero attached hydrogens (tertiary/aromatic N) is 3. The predicted molar refractivity (Wildman–Crippen MR) is 98.8 cm³/mol. The normalized spacial score (nSPS) is 26.0. The van der Waals surface area contributed by atoms with Crippen molar-refractivity contribution in [3.05, 3.63) is 17.7 Å². The van der Waals surface area contributed by atoms with Crippen LogP contribution in [0.15, 0.2) is 6.33 Å². The number of aromatic nitrogens is 2. The lowest BCUT2D eigenvalue weighted by molar-refractivity contribution is -0.146. The van der Waals surface area contributed by atoms with E-state index in [-0.39, 0.29) is 18.1 Å². The minimum Gasteiger partial charge on any atom is -0.375 e. The van der Waals surface area contributed by atoms with E-state index in [1.54, 1.807) is 13.4 Å². The van der Waals surface area contributed by atoms with Gasteiger partial charge in [0.25, 0.3) is 0 Å². The van der Waals surface area contributed by atoms with Crippen molar-refractivity contribution in [2.24, 2.45) is 5.92 Å². The second-order valence-electron chi connectivity index (χ2n) is 8.00. The second kappa shape index (κ2) is 7.66. The van der Waals surface area contributed by atoms with Crippen LogP contribution < -0.4 is 5.32 Å². The highest BCUT2D eigenvalue weighted by molar-refractivity contribution is 5.79. The zero-order valence-corrected chi connectivity index (χ0v) is 15.8. The smallest absolute Gasteiger partial charge is 0.249 e. The summed E-state index contributed by atoms with van der Waals surface area (Å²) in [5, 5.41) is 3.52. The van der Waals surface area contributed by atoms with E-state index < -0.39 is 0 Å². The fourth-order valence-corrected chi connectivity index (χ4v) is 5.10. The highest BCUT2D eigenvalue weighted by atomic mass is 16.5. The number of hydrogen-bond donors (Lipinski definition) is 2. The number of imidazole rings is 1. The summed E-state index contributed by atoms with van der Waals surface area (Å²) in [7, 11) is 1.59. The van der Waals surface area contributed by atoms with Crippen LogP contribution in [-0.4, -0.2) is 78.7 Å². The highest BCUT2D eigenvalue weighted by Crippen LogP contribution is 2.42. The Balaban J connectivity index is 1.49. The lowest BCUT2D eigenvalue weighted by atomic mass is 9.78. The summed E-state index contributed by atoms with van der Waals surface area (Å²) in [5.41, 5.74) is 2.04. The first kappa shape index (κ1) is 17.9. The van der Waals surface area contributed by atoms with Crippen molar-refractivity contribution in [2.75, 3.05) is 53.0 Å². The Hall–Kier alpha value is -1.44. The average Bonchev–Trinajstić information content (AvgIpc) is 3.15. The van der Waals surface area contributed by atoms with Crippen LogP contribution >= 0.6 is 0 Å². The van der Waals surface area contributed by atoms with Crippen molar-refractivity contribution in [1.29, 1.82) is 0 Å². The predicted octanol–water partition coefficient (Wildman–Crippen LogP) is 0.732. The van der Waals surface area contributed by atoms with Gasteiger partial charge in [0.15, 0.2) is 0 Å². The largest absolute Gasteiger partial charge is 0.375 e. The highest BCUT2D eigenvalue weighted by Gasteiger charge is 2.48. The molecule has 7 heteroatoms. The van der Waals surface area contributed by atoms with Crippen molar-refractivity contribution in [2.45, 2.75) is 37.6 Å². The van der Waals surface area contributed by atoms with Crippen LogP contribution in [0.5, 0.6) is 0 Å². The molecule has 1 atom stereocenters. The van der Waals surface area contributed by atoms with Crippen molar-refractivity contribution < 1.29 is 9.53 Å². The van der Waals surface area contributed by atoms with Gasteiger partial charge in [0, 0.05) is 45.4 Å². The third kappa shape index (κ3) is 3.28. The fourth-order valence-electron chi connectivity index (χ4n) is 5.10. The van der Waals surface area contributed by atoms with E-state index in [0.717, 1.165) is 63.6 Å². The van der Waals surface area contributed by atoms with Crippen LogP contribution in [0.4, 0.5) is 0 Å². The monoisotopic (exact) mass is 361 g/mol. The molecule has 1 aromatic rings. The third-order valence-electron chi connectivity index (χ3n) is 6.43. The summed E-state index contributed by atoms with van der Waals surface area (Å²) >= 11 is 0. The topological polar surface area (TPSA) is 73.5 Å². The van der Waals surface area contributed by atoms with Gasteiger partial charge in [0.05, 0.1) is 17.6 Å².